The Morgan fingerprint density at radius 3 is 2.73 bits per heavy atom. The second kappa shape index (κ2) is 6.54. The van der Waals surface area contributed by atoms with Crippen LogP contribution in [0.4, 0.5) is 4.79 Å². The molecule has 1 spiro atoms. The molecule has 26 heavy (non-hydrogen) atoms. The predicted octanol–water partition coefficient (Wildman–Crippen LogP) is 2.49. The first-order valence-corrected chi connectivity index (χ1v) is 10.4. The molecule has 2 saturated carbocycles. The van der Waals surface area contributed by atoms with Crippen molar-refractivity contribution in [3.8, 4) is 0 Å². The minimum atomic E-state index is -0.585. The van der Waals surface area contributed by atoms with Crippen molar-refractivity contribution in [2.45, 2.75) is 58.4 Å². The number of hydrogen-bond donors (Lipinski definition) is 1. The number of rotatable bonds is 5. The fraction of sp³-hybridized carbons (Fsp3) is 0.850. The largest absolute Gasteiger partial charge is 0.338 e. The van der Waals surface area contributed by atoms with E-state index in [-0.39, 0.29) is 17.9 Å². The second-order valence-electron chi connectivity index (χ2n) is 9.06. The van der Waals surface area contributed by atoms with E-state index in [1.54, 1.807) is 0 Å². The zero-order valence-corrected chi connectivity index (χ0v) is 16.3. The van der Waals surface area contributed by atoms with Crippen LogP contribution in [0, 0.1) is 23.7 Å². The summed E-state index contributed by atoms with van der Waals surface area (Å²) in [5, 5.41) is 3.02. The molecule has 2 aliphatic carbocycles. The summed E-state index contributed by atoms with van der Waals surface area (Å²) in [7, 11) is 0. The summed E-state index contributed by atoms with van der Waals surface area (Å²) < 4.78 is 0. The van der Waals surface area contributed by atoms with Crippen molar-refractivity contribution < 1.29 is 9.59 Å². The van der Waals surface area contributed by atoms with Gasteiger partial charge in [-0.15, -0.1) is 0 Å². The van der Waals surface area contributed by atoms with Gasteiger partial charge in [-0.25, -0.2) is 4.79 Å². The normalized spacial score (nSPS) is 33.4. The van der Waals surface area contributed by atoms with E-state index >= 15 is 0 Å². The Labute approximate surface area is 156 Å². The van der Waals surface area contributed by atoms with E-state index in [4.69, 9.17) is 4.99 Å². The van der Waals surface area contributed by atoms with E-state index in [0.717, 1.165) is 38.2 Å². The molecule has 3 fully saturated rings. The number of hydrogen-bond acceptors (Lipinski definition) is 3. The average molecular weight is 361 g/mol. The quantitative estimate of drug-likeness (QED) is 0.819. The number of amidine groups is 1. The number of urea groups is 1. The van der Waals surface area contributed by atoms with E-state index < -0.39 is 5.54 Å². The van der Waals surface area contributed by atoms with E-state index in [9.17, 15) is 9.59 Å². The Kier molecular flexibility index (Phi) is 4.48. The first-order chi connectivity index (χ1) is 12.4. The molecule has 0 aromatic heterocycles. The van der Waals surface area contributed by atoms with Crippen molar-refractivity contribution in [1.29, 1.82) is 0 Å². The monoisotopic (exact) mass is 360 g/mol. The first-order valence-electron chi connectivity index (χ1n) is 10.4. The molecule has 0 unspecified atom stereocenters. The highest BCUT2D eigenvalue weighted by Gasteiger charge is 2.61. The predicted molar refractivity (Wildman–Crippen MR) is 101 cm³/mol. The fourth-order valence-corrected chi connectivity index (χ4v) is 4.98. The van der Waals surface area contributed by atoms with E-state index in [0.29, 0.717) is 30.8 Å². The van der Waals surface area contributed by atoms with Crippen molar-refractivity contribution in [3.05, 3.63) is 0 Å². The maximum Gasteiger partial charge on any atom is 0.317 e. The molecule has 3 amide bonds. The summed E-state index contributed by atoms with van der Waals surface area (Å²) in [6.07, 6.45) is 5.15. The summed E-state index contributed by atoms with van der Waals surface area (Å²) in [5.74, 6) is 2.90. The van der Waals surface area contributed by atoms with Gasteiger partial charge in [0.25, 0.3) is 5.91 Å². The highest BCUT2D eigenvalue weighted by Crippen LogP contribution is 2.51. The lowest BCUT2D eigenvalue weighted by Crippen LogP contribution is -2.48. The molecule has 2 aliphatic heterocycles. The molecule has 4 aliphatic rings. The molecule has 1 N–H and O–H groups in total. The van der Waals surface area contributed by atoms with Gasteiger partial charge in [0.1, 0.15) is 11.4 Å². The lowest BCUT2D eigenvalue weighted by Gasteiger charge is -2.28. The zero-order chi connectivity index (χ0) is 18.5. The zero-order valence-electron chi connectivity index (χ0n) is 16.3. The van der Waals surface area contributed by atoms with Crippen LogP contribution in [0.1, 0.15) is 52.9 Å². The van der Waals surface area contributed by atoms with Crippen molar-refractivity contribution >= 4 is 17.8 Å². The Bertz CT molecular complexity index is 627. The SMILES string of the molecule is CCC1=N[C@]2(CC[C@H]3CN(C(=O)NCC(C)C)C[C@H]32)C(=O)N1CC1CC1. The lowest BCUT2D eigenvalue weighted by atomic mass is 9.85. The van der Waals surface area contributed by atoms with Gasteiger partial charge in [0.05, 0.1) is 0 Å². The van der Waals surface area contributed by atoms with Crippen molar-refractivity contribution in [2.75, 3.05) is 26.2 Å². The Balaban J connectivity index is 1.49. The summed E-state index contributed by atoms with van der Waals surface area (Å²) in [4.78, 5) is 34.8. The van der Waals surface area contributed by atoms with Crippen LogP contribution in [-0.2, 0) is 4.79 Å². The number of aliphatic imine (C=N–C) groups is 1. The number of fused-ring (bicyclic) bond motifs is 2. The maximum absolute atomic E-state index is 13.4. The molecule has 0 radical (unpaired) electrons. The van der Waals surface area contributed by atoms with Gasteiger partial charge in [0, 0.05) is 38.5 Å². The van der Waals surface area contributed by atoms with Crippen LogP contribution in [0.15, 0.2) is 4.99 Å². The molecule has 6 heteroatoms. The topological polar surface area (TPSA) is 65.0 Å². The molecule has 2 heterocycles. The van der Waals surface area contributed by atoms with Gasteiger partial charge in [-0.1, -0.05) is 20.8 Å². The van der Waals surface area contributed by atoms with Crippen LogP contribution in [0.2, 0.25) is 0 Å². The van der Waals surface area contributed by atoms with Crippen molar-refractivity contribution in [2.24, 2.45) is 28.7 Å². The summed E-state index contributed by atoms with van der Waals surface area (Å²) in [6, 6.07) is 0.0169. The first kappa shape index (κ1) is 17.8. The summed E-state index contributed by atoms with van der Waals surface area (Å²) >= 11 is 0. The summed E-state index contributed by atoms with van der Waals surface area (Å²) in [5.41, 5.74) is -0.585. The standard InChI is InChI=1S/C20H32N4O2/c1-4-17-22-20(18(25)24(17)10-14-5-6-14)8-7-15-11-23(12-16(15)20)19(26)21-9-13(2)3/h13-16H,4-12H2,1-3H3,(H,21,26)/t15-,16+,20-/m0/s1. The Hall–Kier alpha value is -1.59. The average Bonchev–Trinajstić information content (AvgIpc) is 3.12. The van der Waals surface area contributed by atoms with Crippen LogP contribution >= 0.6 is 0 Å². The number of carbonyl (C=O) groups excluding carboxylic acids is 2. The van der Waals surface area contributed by atoms with Crippen molar-refractivity contribution in [3.63, 3.8) is 0 Å². The highest BCUT2D eigenvalue weighted by molar-refractivity contribution is 6.08. The fourth-order valence-electron chi connectivity index (χ4n) is 4.98. The Morgan fingerprint density at radius 1 is 1.31 bits per heavy atom. The van der Waals surface area contributed by atoms with Gasteiger partial charge in [-0.2, -0.15) is 0 Å². The number of nitrogens with zero attached hydrogens (tertiary/aromatic N) is 3. The van der Waals surface area contributed by atoms with Crippen LogP contribution in [-0.4, -0.2) is 59.3 Å². The van der Waals surface area contributed by atoms with Crippen LogP contribution < -0.4 is 5.32 Å². The molecule has 4 rings (SSSR count). The smallest absolute Gasteiger partial charge is 0.317 e. The second-order valence-corrected chi connectivity index (χ2v) is 9.06. The Morgan fingerprint density at radius 2 is 2.08 bits per heavy atom. The molecule has 0 aromatic rings. The van der Waals surface area contributed by atoms with Gasteiger partial charge in [0.15, 0.2) is 0 Å². The third-order valence-electron chi connectivity index (χ3n) is 6.61. The molecule has 144 valence electrons. The molecule has 1 saturated heterocycles. The van der Waals surface area contributed by atoms with E-state index in [2.05, 4.69) is 26.1 Å². The van der Waals surface area contributed by atoms with Gasteiger partial charge in [0.2, 0.25) is 0 Å². The molecule has 0 bridgehead atoms. The third-order valence-corrected chi connectivity index (χ3v) is 6.61. The molecular weight excluding hydrogens is 328 g/mol. The van der Waals surface area contributed by atoms with Crippen LogP contribution in [0.3, 0.4) is 0 Å². The van der Waals surface area contributed by atoms with Gasteiger partial charge < -0.3 is 10.2 Å². The molecule has 6 nitrogen and oxygen atoms in total. The van der Waals surface area contributed by atoms with Crippen molar-refractivity contribution in [1.82, 2.24) is 15.1 Å². The van der Waals surface area contributed by atoms with Crippen LogP contribution in [0.5, 0.6) is 0 Å². The third kappa shape index (κ3) is 2.91. The maximum atomic E-state index is 13.4. The van der Waals surface area contributed by atoms with Gasteiger partial charge in [-0.05, 0) is 43.4 Å². The highest BCUT2D eigenvalue weighted by atomic mass is 16.2. The number of carbonyl (C=O) groups is 2. The molecular formula is C20H32N4O2. The minimum absolute atomic E-state index is 0.0169. The molecule has 0 aromatic carbocycles. The van der Waals surface area contributed by atoms with E-state index in [1.165, 1.54) is 12.8 Å². The van der Waals surface area contributed by atoms with Gasteiger partial charge >= 0.3 is 6.03 Å². The van der Waals surface area contributed by atoms with Gasteiger partial charge in [-0.3, -0.25) is 14.7 Å². The van der Waals surface area contributed by atoms with Crippen LogP contribution in [0.25, 0.3) is 0 Å². The molecule has 3 atom stereocenters. The number of likely N-dealkylation sites (tertiary alicyclic amines) is 1. The number of nitrogens with one attached hydrogen (secondary N) is 1. The van der Waals surface area contributed by atoms with E-state index in [1.807, 2.05) is 9.80 Å². The number of amides is 3. The minimum Gasteiger partial charge on any atom is -0.338 e. The summed E-state index contributed by atoms with van der Waals surface area (Å²) in [6.45, 7) is 9.27. The lowest BCUT2D eigenvalue weighted by molar-refractivity contribution is -0.132.